The third kappa shape index (κ3) is 2.26. The Bertz CT molecular complexity index is 471. The van der Waals surface area contributed by atoms with Crippen LogP contribution in [-0.2, 0) is 4.79 Å². The minimum absolute atomic E-state index is 0.232. The van der Waals surface area contributed by atoms with Crippen LogP contribution in [0.2, 0.25) is 0 Å². The molecule has 0 spiro atoms. The van der Waals surface area contributed by atoms with E-state index in [9.17, 15) is 4.79 Å². The minimum Gasteiger partial charge on any atom is -0.454 e. The Balaban J connectivity index is 1.77. The molecule has 1 atom stereocenters. The third-order valence-corrected chi connectivity index (χ3v) is 3.32. The van der Waals surface area contributed by atoms with Crippen molar-refractivity contribution in [3.63, 3.8) is 0 Å². The van der Waals surface area contributed by atoms with Crippen LogP contribution in [0, 0.1) is 5.92 Å². The molecule has 18 heavy (non-hydrogen) atoms. The molecule has 1 aliphatic carbocycles. The molecule has 0 bridgehead atoms. The fourth-order valence-corrected chi connectivity index (χ4v) is 2.08. The molecule has 5 heteroatoms. The third-order valence-electron chi connectivity index (χ3n) is 3.32. The first-order chi connectivity index (χ1) is 8.74. The number of ether oxygens (including phenoxy) is 2. The summed E-state index contributed by atoms with van der Waals surface area (Å²) in [7, 11) is 0. The molecule has 1 aliphatic heterocycles. The molecular formula is C13H16N2O3. The topological polar surface area (TPSA) is 73.6 Å². The van der Waals surface area contributed by atoms with Crippen LogP contribution < -0.4 is 20.5 Å². The highest BCUT2D eigenvalue weighted by molar-refractivity contribution is 5.81. The standard InChI is InChI=1S/C13H16N2O3/c14-13(16)12(15-6-8-1-2-8)9-3-4-10-11(5-9)18-7-17-10/h3-5,8,12,15H,1-2,6-7H2,(H2,14,16). The number of hydrogen-bond donors (Lipinski definition) is 2. The number of hydrogen-bond acceptors (Lipinski definition) is 4. The SMILES string of the molecule is NC(=O)C(NCC1CC1)c1ccc2c(c1)OCO2. The zero-order valence-electron chi connectivity index (χ0n) is 10.0. The Kier molecular flexibility index (Phi) is 2.83. The van der Waals surface area contributed by atoms with Crippen LogP contribution in [0.15, 0.2) is 18.2 Å². The van der Waals surface area contributed by atoms with Crippen LogP contribution in [0.4, 0.5) is 0 Å². The van der Waals surface area contributed by atoms with Crippen molar-refractivity contribution in [1.82, 2.24) is 5.32 Å². The first-order valence-corrected chi connectivity index (χ1v) is 6.16. The van der Waals surface area contributed by atoms with Gasteiger partial charge >= 0.3 is 0 Å². The van der Waals surface area contributed by atoms with Gasteiger partial charge < -0.3 is 20.5 Å². The maximum Gasteiger partial charge on any atom is 0.239 e. The number of carbonyl (C=O) groups excluding carboxylic acids is 1. The molecule has 1 aromatic carbocycles. The molecule has 3 rings (SSSR count). The summed E-state index contributed by atoms with van der Waals surface area (Å²) >= 11 is 0. The second-order valence-corrected chi connectivity index (χ2v) is 4.80. The van der Waals surface area contributed by atoms with Crippen molar-refractivity contribution in [2.45, 2.75) is 18.9 Å². The van der Waals surface area contributed by atoms with E-state index < -0.39 is 6.04 Å². The summed E-state index contributed by atoms with van der Waals surface area (Å²) in [5.74, 6) is 1.71. The van der Waals surface area contributed by atoms with Gasteiger partial charge in [-0.2, -0.15) is 0 Å². The summed E-state index contributed by atoms with van der Waals surface area (Å²) < 4.78 is 10.5. The quantitative estimate of drug-likeness (QED) is 0.813. The largest absolute Gasteiger partial charge is 0.454 e. The van der Waals surface area contributed by atoms with Gasteiger partial charge in [-0.25, -0.2) is 0 Å². The molecule has 0 aromatic heterocycles. The lowest BCUT2D eigenvalue weighted by atomic mass is 10.1. The van der Waals surface area contributed by atoms with E-state index in [1.807, 2.05) is 18.2 Å². The van der Waals surface area contributed by atoms with Gasteiger partial charge in [-0.1, -0.05) is 6.07 Å². The zero-order valence-corrected chi connectivity index (χ0v) is 10.0. The molecule has 1 amide bonds. The average Bonchev–Trinajstić information content (AvgIpc) is 3.05. The van der Waals surface area contributed by atoms with Gasteiger partial charge in [0.1, 0.15) is 6.04 Å². The van der Waals surface area contributed by atoms with Crippen molar-refractivity contribution in [2.24, 2.45) is 11.7 Å². The second kappa shape index (κ2) is 4.49. The van der Waals surface area contributed by atoms with E-state index in [4.69, 9.17) is 15.2 Å². The van der Waals surface area contributed by atoms with Gasteiger partial charge in [-0.15, -0.1) is 0 Å². The van der Waals surface area contributed by atoms with Crippen LogP contribution in [0.1, 0.15) is 24.4 Å². The van der Waals surface area contributed by atoms with Gasteiger partial charge in [0.05, 0.1) is 0 Å². The predicted octanol–water partition coefficient (Wildman–Crippen LogP) is 0.941. The van der Waals surface area contributed by atoms with Crippen molar-refractivity contribution in [3.05, 3.63) is 23.8 Å². The van der Waals surface area contributed by atoms with Crippen LogP contribution in [0.3, 0.4) is 0 Å². The summed E-state index contributed by atoms with van der Waals surface area (Å²) in [6.45, 7) is 1.07. The summed E-state index contributed by atoms with van der Waals surface area (Å²) in [4.78, 5) is 11.5. The summed E-state index contributed by atoms with van der Waals surface area (Å²) in [5, 5.41) is 3.22. The van der Waals surface area contributed by atoms with Crippen molar-refractivity contribution in [3.8, 4) is 11.5 Å². The highest BCUT2D eigenvalue weighted by Gasteiger charge is 2.26. The van der Waals surface area contributed by atoms with Gasteiger partial charge in [-0.3, -0.25) is 4.79 Å². The maximum absolute atomic E-state index is 11.5. The van der Waals surface area contributed by atoms with Gasteiger partial charge in [0, 0.05) is 0 Å². The Morgan fingerprint density at radius 1 is 1.39 bits per heavy atom. The number of primary amides is 1. The van der Waals surface area contributed by atoms with Gasteiger partial charge in [0.25, 0.3) is 0 Å². The van der Waals surface area contributed by atoms with Crippen LogP contribution in [-0.4, -0.2) is 19.2 Å². The van der Waals surface area contributed by atoms with E-state index in [-0.39, 0.29) is 12.7 Å². The molecule has 0 saturated heterocycles. The number of carbonyl (C=O) groups is 1. The Hall–Kier alpha value is -1.75. The zero-order chi connectivity index (χ0) is 12.5. The van der Waals surface area contributed by atoms with E-state index in [0.29, 0.717) is 17.4 Å². The molecule has 1 saturated carbocycles. The smallest absolute Gasteiger partial charge is 0.239 e. The molecule has 0 radical (unpaired) electrons. The lowest BCUT2D eigenvalue weighted by molar-refractivity contribution is -0.120. The van der Waals surface area contributed by atoms with Crippen molar-refractivity contribution < 1.29 is 14.3 Å². The summed E-state index contributed by atoms with van der Waals surface area (Å²) in [5.41, 5.74) is 6.27. The molecule has 2 aliphatic rings. The Morgan fingerprint density at radius 3 is 2.89 bits per heavy atom. The normalized spacial score (nSPS) is 18.7. The van der Waals surface area contributed by atoms with Crippen LogP contribution >= 0.6 is 0 Å². The van der Waals surface area contributed by atoms with E-state index >= 15 is 0 Å². The molecule has 1 aromatic rings. The molecule has 5 nitrogen and oxygen atoms in total. The van der Waals surface area contributed by atoms with Gasteiger partial charge in [0.15, 0.2) is 11.5 Å². The minimum atomic E-state index is -0.458. The number of amides is 1. The van der Waals surface area contributed by atoms with Crippen molar-refractivity contribution >= 4 is 5.91 Å². The molecular weight excluding hydrogens is 232 g/mol. The molecule has 3 N–H and O–H groups in total. The summed E-state index contributed by atoms with van der Waals surface area (Å²) in [6.07, 6.45) is 2.47. The van der Waals surface area contributed by atoms with E-state index in [1.165, 1.54) is 12.8 Å². The average molecular weight is 248 g/mol. The number of nitrogens with one attached hydrogen (secondary N) is 1. The highest BCUT2D eigenvalue weighted by Crippen LogP contribution is 2.34. The number of nitrogens with two attached hydrogens (primary N) is 1. The monoisotopic (exact) mass is 248 g/mol. The number of benzene rings is 1. The van der Waals surface area contributed by atoms with E-state index in [2.05, 4.69) is 5.32 Å². The number of fused-ring (bicyclic) bond motifs is 1. The Morgan fingerprint density at radius 2 is 2.17 bits per heavy atom. The van der Waals surface area contributed by atoms with Crippen molar-refractivity contribution in [1.29, 1.82) is 0 Å². The van der Waals surface area contributed by atoms with Crippen molar-refractivity contribution in [2.75, 3.05) is 13.3 Å². The van der Waals surface area contributed by atoms with E-state index in [0.717, 1.165) is 12.1 Å². The molecule has 96 valence electrons. The Labute approximate surface area is 105 Å². The second-order valence-electron chi connectivity index (χ2n) is 4.80. The van der Waals surface area contributed by atoms with Gasteiger partial charge in [0.2, 0.25) is 12.7 Å². The predicted molar refractivity (Wildman–Crippen MR) is 65.2 cm³/mol. The lowest BCUT2D eigenvalue weighted by Crippen LogP contribution is -2.34. The number of rotatable bonds is 5. The van der Waals surface area contributed by atoms with E-state index in [1.54, 1.807) is 0 Å². The summed E-state index contributed by atoms with van der Waals surface area (Å²) in [6, 6.07) is 5.02. The lowest BCUT2D eigenvalue weighted by Gasteiger charge is -2.16. The molecule has 1 heterocycles. The highest BCUT2D eigenvalue weighted by atomic mass is 16.7. The van der Waals surface area contributed by atoms with Crippen LogP contribution in [0.25, 0.3) is 0 Å². The first-order valence-electron chi connectivity index (χ1n) is 6.16. The first kappa shape index (κ1) is 11.3. The maximum atomic E-state index is 11.5. The molecule has 1 fully saturated rings. The van der Waals surface area contributed by atoms with Gasteiger partial charge in [-0.05, 0) is 43.0 Å². The fraction of sp³-hybridized carbons (Fsp3) is 0.462. The van der Waals surface area contributed by atoms with Crippen LogP contribution in [0.5, 0.6) is 11.5 Å². The molecule has 1 unspecified atom stereocenters. The fourth-order valence-electron chi connectivity index (χ4n) is 2.08.